The van der Waals surface area contributed by atoms with E-state index in [0.29, 0.717) is 12.0 Å². The normalized spacial score (nSPS) is 12.7. The number of esters is 1. The first-order chi connectivity index (χ1) is 16.9. The maximum Gasteiger partial charge on any atom is 0.310 e. The lowest BCUT2D eigenvalue weighted by molar-refractivity contribution is -0.161. The molecule has 190 valence electrons. The van der Waals surface area contributed by atoms with Gasteiger partial charge in [0.1, 0.15) is 11.4 Å². The zero-order valence-corrected chi connectivity index (χ0v) is 22.2. The molecular weight excluding hydrogens is 472 g/mol. The van der Waals surface area contributed by atoms with Gasteiger partial charge in [0.25, 0.3) is 0 Å². The molecule has 0 saturated carbocycles. The predicted molar refractivity (Wildman–Crippen MR) is 141 cm³/mol. The van der Waals surface area contributed by atoms with Crippen LogP contribution >= 0.6 is 0 Å². The summed E-state index contributed by atoms with van der Waals surface area (Å²) >= 11 is 0. The van der Waals surface area contributed by atoms with Gasteiger partial charge in [-0.3, -0.25) is 9.59 Å². The molecule has 3 rings (SSSR count). The molecule has 0 spiro atoms. The molecule has 0 unspecified atom stereocenters. The highest BCUT2D eigenvalue weighted by Crippen LogP contribution is 2.21. The first kappa shape index (κ1) is 27.3. The number of hydrogen-bond donors (Lipinski definition) is 0. The Morgan fingerprint density at radius 3 is 2.08 bits per heavy atom. The van der Waals surface area contributed by atoms with E-state index in [1.807, 2.05) is 58.0 Å². The molecule has 0 fully saturated rings. The lowest BCUT2D eigenvalue weighted by Gasteiger charge is -2.24. The van der Waals surface area contributed by atoms with Crippen molar-refractivity contribution in [3.8, 4) is 0 Å². The lowest BCUT2D eigenvalue weighted by atomic mass is 9.92. The number of aryl methyl sites for hydroxylation is 1. The Kier molecular flexibility index (Phi) is 8.85. The average molecular weight is 507 g/mol. The summed E-state index contributed by atoms with van der Waals surface area (Å²) in [5.74, 6) is -1.23. The number of carbonyl (C=O) groups is 2. The number of carbonyl (C=O) groups excluding carboxylic acids is 2. The number of sulfone groups is 1. The summed E-state index contributed by atoms with van der Waals surface area (Å²) < 4.78 is 31.3. The Balaban J connectivity index is 1.70. The minimum Gasteiger partial charge on any atom is -0.460 e. The molecule has 0 amide bonds. The fourth-order valence-corrected chi connectivity index (χ4v) is 5.31. The van der Waals surface area contributed by atoms with E-state index < -0.39 is 27.3 Å². The van der Waals surface area contributed by atoms with E-state index in [0.717, 1.165) is 16.7 Å². The molecule has 0 heterocycles. The maximum absolute atomic E-state index is 13.0. The largest absolute Gasteiger partial charge is 0.460 e. The number of ketones is 1. The van der Waals surface area contributed by atoms with E-state index in [2.05, 4.69) is 0 Å². The molecule has 5 nitrogen and oxygen atoms in total. The van der Waals surface area contributed by atoms with Crippen molar-refractivity contribution in [2.75, 3.05) is 0 Å². The summed E-state index contributed by atoms with van der Waals surface area (Å²) in [6, 6.07) is 23.4. The quantitative estimate of drug-likeness (QED) is 0.331. The summed E-state index contributed by atoms with van der Waals surface area (Å²) in [5, 5.41) is 0. The zero-order valence-electron chi connectivity index (χ0n) is 21.4. The lowest BCUT2D eigenvalue weighted by Crippen LogP contribution is -2.31. The van der Waals surface area contributed by atoms with E-state index in [9.17, 15) is 18.0 Å². The molecule has 3 aromatic carbocycles. The van der Waals surface area contributed by atoms with Crippen molar-refractivity contribution in [1.82, 2.24) is 0 Å². The van der Waals surface area contributed by atoms with Gasteiger partial charge in [0.05, 0.1) is 16.6 Å². The number of Topliss-reactive ketones (excluding diaryl/α,β-unsaturated/α-hetero) is 1. The highest BCUT2D eigenvalue weighted by Gasteiger charge is 2.27. The first-order valence-corrected chi connectivity index (χ1v) is 13.7. The third kappa shape index (κ3) is 8.45. The summed E-state index contributed by atoms with van der Waals surface area (Å²) in [7, 11) is -3.50. The topological polar surface area (TPSA) is 77.5 Å². The molecule has 36 heavy (non-hydrogen) atoms. The van der Waals surface area contributed by atoms with Crippen molar-refractivity contribution in [2.24, 2.45) is 5.92 Å². The second-order valence-corrected chi connectivity index (χ2v) is 12.2. The standard InChI is InChI=1S/C30H34O5S/c1-22-13-15-28(16-14-22)36(33,34)21-25-12-8-11-24(17-25)19-27(31)20-26(29(32)35-30(2,3)4)18-23-9-6-5-7-10-23/h5-17,26H,18-21H2,1-4H3/t26-/m1/s1. The summed E-state index contributed by atoms with van der Waals surface area (Å²) in [6.07, 6.45) is 0.582. The van der Waals surface area contributed by atoms with Gasteiger partial charge >= 0.3 is 5.97 Å². The van der Waals surface area contributed by atoms with Gasteiger partial charge in [0.15, 0.2) is 9.84 Å². The van der Waals surface area contributed by atoms with Crippen molar-refractivity contribution in [3.63, 3.8) is 0 Å². The van der Waals surface area contributed by atoms with Crippen LogP contribution in [0.25, 0.3) is 0 Å². The van der Waals surface area contributed by atoms with Crippen LogP contribution in [-0.2, 0) is 42.8 Å². The fraction of sp³-hybridized carbons (Fsp3) is 0.333. The monoisotopic (exact) mass is 506 g/mol. The van der Waals surface area contributed by atoms with E-state index >= 15 is 0 Å². The van der Waals surface area contributed by atoms with Crippen LogP contribution in [0, 0.1) is 12.8 Å². The molecule has 0 N–H and O–H groups in total. The van der Waals surface area contributed by atoms with Gasteiger partial charge in [-0.1, -0.05) is 72.3 Å². The number of rotatable bonds is 10. The minimum atomic E-state index is -3.50. The smallest absolute Gasteiger partial charge is 0.310 e. The van der Waals surface area contributed by atoms with Crippen molar-refractivity contribution in [2.45, 2.75) is 63.2 Å². The SMILES string of the molecule is Cc1ccc(S(=O)(=O)Cc2cccc(CC(=O)C[C@@H](Cc3ccccc3)C(=O)OC(C)(C)C)c2)cc1. The van der Waals surface area contributed by atoms with Gasteiger partial charge < -0.3 is 4.74 Å². The fourth-order valence-electron chi connectivity index (χ4n) is 3.97. The third-order valence-corrected chi connectivity index (χ3v) is 7.37. The molecule has 0 aliphatic carbocycles. The number of hydrogen-bond acceptors (Lipinski definition) is 5. The Labute approximate surface area is 214 Å². The molecule has 6 heteroatoms. The second-order valence-electron chi connectivity index (χ2n) is 10.2. The van der Waals surface area contributed by atoms with E-state index in [4.69, 9.17) is 4.74 Å². The highest BCUT2D eigenvalue weighted by atomic mass is 32.2. The van der Waals surface area contributed by atoms with Crippen molar-refractivity contribution < 1.29 is 22.7 Å². The van der Waals surface area contributed by atoms with Crippen molar-refractivity contribution in [1.29, 1.82) is 0 Å². The molecular formula is C30H34O5S. The Morgan fingerprint density at radius 1 is 0.833 bits per heavy atom. The van der Waals surface area contributed by atoms with E-state index in [1.165, 1.54) is 0 Å². The van der Waals surface area contributed by atoms with Crippen LogP contribution in [-0.4, -0.2) is 25.8 Å². The van der Waals surface area contributed by atoms with Crippen LogP contribution in [0.15, 0.2) is 83.8 Å². The van der Waals surface area contributed by atoms with Gasteiger partial charge in [-0.2, -0.15) is 0 Å². The molecule has 0 radical (unpaired) electrons. The van der Waals surface area contributed by atoms with Crippen LogP contribution in [0.1, 0.15) is 49.4 Å². The van der Waals surface area contributed by atoms with Gasteiger partial charge in [-0.25, -0.2) is 8.42 Å². The predicted octanol–water partition coefficient (Wildman–Crippen LogP) is 5.67. The number of benzene rings is 3. The summed E-state index contributed by atoms with van der Waals surface area (Å²) in [4.78, 5) is 26.2. The summed E-state index contributed by atoms with van der Waals surface area (Å²) in [5.41, 5.74) is 2.65. The Hall–Kier alpha value is -3.25. The Morgan fingerprint density at radius 2 is 1.44 bits per heavy atom. The molecule has 0 aliphatic heterocycles. The highest BCUT2D eigenvalue weighted by molar-refractivity contribution is 7.90. The molecule has 3 aromatic rings. The van der Waals surface area contributed by atoms with Crippen LogP contribution in [0.5, 0.6) is 0 Å². The number of ether oxygens (including phenoxy) is 1. The maximum atomic E-state index is 13.0. The molecule has 0 bridgehead atoms. The Bertz CT molecular complexity index is 1290. The molecule has 0 aromatic heterocycles. The molecule has 0 aliphatic rings. The summed E-state index contributed by atoms with van der Waals surface area (Å²) in [6.45, 7) is 7.33. The van der Waals surface area contributed by atoms with Crippen LogP contribution in [0.4, 0.5) is 0 Å². The van der Waals surface area contributed by atoms with E-state index in [-0.39, 0.29) is 29.3 Å². The van der Waals surface area contributed by atoms with Crippen molar-refractivity contribution in [3.05, 3.63) is 101 Å². The second kappa shape index (κ2) is 11.7. The van der Waals surface area contributed by atoms with Crippen molar-refractivity contribution >= 4 is 21.6 Å². The average Bonchev–Trinajstić information content (AvgIpc) is 2.78. The first-order valence-electron chi connectivity index (χ1n) is 12.1. The third-order valence-electron chi connectivity index (χ3n) is 5.67. The van der Waals surface area contributed by atoms with Gasteiger partial charge in [-0.15, -0.1) is 0 Å². The van der Waals surface area contributed by atoms with Crippen LogP contribution < -0.4 is 0 Å². The van der Waals surface area contributed by atoms with Gasteiger partial charge in [0.2, 0.25) is 0 Å². The van der Waals surface area contributed by atoms with Gasteiger partial charge in [-0.05, 0) is 62.9 Å². The molecule has 1 atom stereocenters. The zero-order chi connectivity index (χ0) is 26.3. The van der Waals surface area contributed by atoms with Gasteiger partial charge in [0, 0.05) is 12.8 Å². The van der Waals surface area contributed by atoms with E-state index in [1.54, 1.807) is 48.5 Å². The minimum absolute atomic E-state index is 0.0513. The van der Waals surface area contributed by atoms with Crippen LogP contribution in [0.3, 0.4) is 0 Å². The molecule has 0 saturated heterocycles. The van der Waals surface area contributed by atoms with Crippen LogP contribution in [0.2, 0.25) is 0 Å².